The molecule has 0 saturated carbocycles. The Kier molecular flexibility index (Phi) is 4.86. The first-order valence-electron chi connectivity index (χ1n) is 6.96. The maximum atomic E-state index is 12.0. The number of nitrogens with one attached hydrogen (secondary N) is 1. The van der Waals surface area contributed by atoms with E-state index in [0.29, 0.717) is 10.2 Å². The first-order chi connectivity index (χ1) is 11.2. The monoisotopic (exact) mass is 340 g/mol. The summed E-state index contributed by atoms with van der Waals surface area (Å²) in [6, 6.07) is 17.2. The SMILES string of the molecule is O=C(/C=C/c1cccc(Cl)c1)Nc1nc(-c2ccccc2)cs1. The minimum Gasteiger partial charge on any atom is -0.298 e. The molecule has 0 aliphatic carbocycles. The van der Waals surface area contributed by atoms with Gasteiger partial charge in [0.1, 0.15) is 0 Å². The number of benzene rings is 2. The van der Waals surface area contributed by atoms with Crippen molar-refractivity contribution in [1.29, 1.82) is 0 Å². The summed E-state index contributed by atoms with van der Waals surface area (Å²) in [6.07, 6.45) is 3.18. The molecule has 5 heteroatoms. The smallest absolute Gasteiger partial charge is 0.250 e. The van der Waals surface area contributed by atoms with E-state index in [1.54, 1.807) is 18.2 Å². The molecule has 0 aliphatic rings. The Morgan fingerprint density at radius 1 is 1.13 bits per heavy atom. The number of hydrogen-bond acceptors (Lipinski definition) is 3. The summed E-state index contributed by atoms with van der Waals surface area (Å²) >= 11 is 7.31. The summed E-state index contributed by atoms with van der Waals surface area (Å²) in [7, 11) is 0. The molecule has 1 heterocycles. The molecule has 3 aromatic rings. The average Bonchev–Trinajstić information content (AvgIpc) is 3.02. The molecule has 23 heavy (non-hydrogen) atoms. The van der Waals surface area contributed by atoms with Gasteiger partial charge in [-0.1, -0.05) is 54.1 Å². The van der Waals surface area contributed by atoms with Crippen molar-refractivity contribution in [2.45, 2.75) is 0 Å². The lowest BCUT2D eigenvalue weighted by Gasteiger charge is -1.97. The van der Waals surface area contributed by atoms with Crippen LogP contribution in [0.25, 0.3) is 17.3 Å². The van der Waals surface area contributed by atoms with E-state index in [1.807, 2.05) is 47.8 Å². The van der Waals surface area contributed by atoms with Gasteiger partial charge in [0.2, 0.25) is 5.91 Å². The average molecular weight is 341 g/mol. The fraction of sp³-hybridized carbons (Fsp3) is 0. The molecular weight excluding hydrogens is 328 g/mol. The number of amides is 1. The van der Waals surface area contributed by atoms with Crippen molar-refractivity contribution in [3.8, 4) is 11.3 Å². The topological polar surface area (TPSA) is 42.0 Å². The van der Waals surface area contributed by atoms with E-state index in [1.165, 1.54) is 17.4 Å². The van der Waals surface area contributed by atoms with Gasteiger partial charge in [-0.3, -0.25) is 10.1 Å². The molecular formula is C18H13ClN2OS. The van der Waals surface area contributed by atoms with Crippen LogP contribution in [-0.2, 0) is 4.79 Å². The van der Waals surface area contributed by atoms with Crippen LogP contribution in [0, 0.1) is 0 Å². The molecule has 0 saturated heterocycles. The lowest BCUT2D eigenvalue weighted by molar-refractivity contribution is -0.111. The number of carbonyl (C=O) groups is 1. The number of rotatable bonds is 4. The van der Waals surface area contributed by atoms with Crippen molar-refractivity contribution < 1.29 is 4.79 Å². The van der Waals surface area contributed by atoms with Crippen molar-refractivity contribution in [3.63, 3.8) is 0 Å². The van der Waals surface area contributed by atoms with Gasteiger partial charge in [0.15, 0.2) is 5.13 Å². The first-order valence-corrected chi connectivity index (χ1v) is 8.22. The summed E-state index contributed by atoms with van der Waals surface area (Å²) in [4.78, 5) is 16.4. The van der Waals surface area contributed by atoms with Crippen molar-refractivity contribution in [1.82, 2.24) is 4.98 Å². The van der Waals surface area contributed by atoms with Crippen LogP contribution < -0.4 is 5.32 Å². The van der Waals surface area contributed by atoms with E-state index in [4.69, 9.17) is 11.6 Å². The number of hydrogen-bond donors (Lipinski definition) is 1. The highest BCUT2D eigenvalue weighted by Gasteiger charge is 2.05. The Morgan fingerprint density at radius 2 is 1.96 bits per heavy atom. The van der Waals surface area contributed by atoms with E-state index in [2.05, 4.69) is 10.3 Å². The van der Waals surface area contributed by atoms with Crippen LogP contribution in [0.3, 0.4) is 0 Å². The lowest BCUT2D eigenvalue weighted by Crippen LogP contribution is -2.07. The van der Waals surface area contributed by atoms with Crippen LogP contribution >= 0.6 is 22.9 Å². The summed E-state index contributed by atoms with van der Waals surface area (Å²) in [5, 5.41) is 5.90. The van der Waals surface area contributed by atoms with Gasteiger partial charge >= 0.3 is 0 Å². The molecule has 1 aromatic heterocycles. The van der Waals surface area contributed by atoms with Crippen molar-refractivity contribution in [2.24, 2.45) is 0 Å². The van der Waals surface area contributed by atoms with Gasteiger partial charge in [-0.2, -0.15) is 0 Å². The highest BCUT2D eigenvalue weighted by Crippen LogP contribution is 2.24. The number of nitrogens with zero attached hydrogens (tertiary/aromatic N) is 1. The Balaban J connectivity index is 1.66. The quantitative estimate of drug-likeness (QED) is 0.670. The Labute approximate surface area is 143 Å². The van der Waals surface area contributed by atoms with Crippen LogP contribution in [0.4, 0.5) is 5.13 Å². The molecule has 0 fully saturated rings. The molecule has 1 amide bonds. The van der Waals surface area contributed by atoms with Gasteiger partial charge in [0.25, 0.3) is 0 Å². The molecule has 0 radical (unpaired) electrons. The Bertz CT molecular complexity index is 843. The number of anilines is 1. The first kappa shape index (κ1) is 15.5. The number of aromatic nitrogens is 1. The molecule has 114 valence electrons. The number of thiazole rings is 1. The summed E-state index contributed by atoms with van der Waals surface area (Å²) in [5.41, 5.74) is 2.75. The minimum absolute atomic E-state index is 0.223. The molecule has 1 N–H and O–H groups in total. The summed E-state index contributed by atoms with van der Waals surface area (Å²) in [6.45, 7) is 0. The molecule has 0 atom stereocenters. The van der Waals surface area contributed by atoms with Crippen LogP contribution in [0.5, 0.6) is 0 Å². The number of carbonyl (C=O) groups excluding carboxylic acids is 1. The van der Waals surface area contributed by atoms with E-state index in [9.17, 15) is 4.79 Å². The third-order valence-electron chi connectivity index (χ3n) is 3.08. The maximum absolute atomic E-state index is 12.0. The highest BCUT2D eigenvalue weighted by molar-refractivity contribution is 7.14. The molecule has 0 spiro atoms. The summed E-state index contributed by atoms with van der Waals surface area (Å²) < 4.78 is 0. The fourth-order valence-electron chi connectivity index (χ4n) is 2.00. The van der Waals surface area contributed by atoms with E-state index in [-0.39, 0.29) is 5.91 Å². The maximum Gasteiger partial charge on any atom is 0.250 e. The lowest BCUT2D eigenvalue weighted by atomic mass is 10.2. The van der Waals surface area contributed by atoms with Gasteiger partial charge < -0.3 is 0 Å². The Morgan fingerprint density at radius 3 is 2.74 bits per heavy atom. The predicted molar refractivity (Wildman–Crippen MR) is 96.7 cm³/mol. The van der Waals surface area contributed by atoms with E-state index < -0.39 is 0 Å². The van der Waals surface area contributed by atoms with Crippen LogP contribution in [0.1, 0.15) is 5.56 Å². The molecule has 2 aromatic carbocycles. The third-order valence-corrected chi connectivity index (χ3v) is 4.07. The van der Waals surface area contributed by atoms with Gasteiger partial charge in [-0.05, 0) is 23.8 Å². The second-order valence-corrected chi connectivity index (χ2v) is 6.08. The molecule has 0 bridgehead atoms. The standard InChI is InChI=1S/C18H13ClN2OS/c19-15-8-4-5-13(11-15)9-10-17(22)21-18-20-16(12-23-18)14-6-2-1-3-7-14/h1-12H,(H,20,21,22)/b10-9+. The zero-order valence-corrected chi connectivity index (χ0v) is 13.6. The normalized spacial score (nSPS) is 10.8. The predicted octanol–water partition coefficient (Wildman–Crippen LogP) is 5.12. The largest absolute Gasteiger partial charge is 0.298 e. The van der Waals surface area contributed by atoms with E-state index in [0.717, 1.165) is 16.8 Å². The zero-order chi connectivity index (χ0) is 16.1. The third kappa shape index (κ3) is 4.28. The zero-order valence-electron chi connectivity index (χ0n) is 12.1. The fourth-order valence-corrected chi connectivity index (χ4v) is 2.92. The van der Waals surface area contributed by atoms with Gasteiger partial charge in [-0.25, -0.2) is 4.98 Å². The van der Waals surface area contributed by atoms with Crippen LogP contribution in [-0.4, -0.2) is 10.9 Å². The van der Waals surface area contributed by atoms with Crippen molar-refractivity contribution in [2.75, 3.05) is 5.32 Å². The number of halogens is 1. The molecule has 3 nitrogen and oxygen atoms in total. The van der Waals surface area contributed by atoms with Gasteiger partial charge in [-0.15, -0.1) is 11.3 Å². The summed E-state index contributed by atoms with van der Waals surface area (Å²) in [5.74, 6) is -0.223. The minimum atomic E-state index is -0.223. The second-order valence-electron chi connectivity index (χ2n) is 4.78. The van der Waals surface area contributed by atoms with Crippen LogP contribution in [0.2, 0.25) is 5.02 Å². The molecule has 3 rings (SSSR count). The second kappa shape index (κ2) is 7.22. The molecule has 0 unspecified atom stereocenters. The van der Waals surface area contributed by atoms with Crippen LogP contribution in [0.15, 0.2) is 66.1 Å². The van der Waals surface area contributed by atoms with E-state index >= 15 is 0 Å². The van der Waals surface area contributed by atoms with Crippen molar-refractivity contribution in [3.05, 3.63) is 76.6 Å². The van der Waals surface area contributed by atoms with Crippen molar-refractivity contribution >= 4 is 40.1 Å². The van der Waals surface area contributed by atoms with Gasteiger partial charge in [0.05, 0.1) is 5.69 Å². The Hall–Kier alpha value is -2.43. The van der Waals surface area contributed by atoms with Gasteiger partial charge in [0, 0.05) is 22.0 Å². The molecule has 0 aliphatic heterocycles. The highest BCUT2D eigenvalue weighted by atomic mass is 35.5.